The number of benzene rings is 2. The first kappa shape index (κ1) is 29.7. The summed E-state index contributed by atoms with van der Waals surface area (Å²) in [6.07, 6.45) is 0.820. The Morgan fingerprint density at radius 1 is 0.944 bits per heavy atom. The smallest absolute Gasteiger partial charge is 0.260 e. The highest BCUT2D eigenvalue weighted by Gasteiger charge is 2.25. The van der Waals surface area contributed by atoms with Crippen molar-refractivity contribution in [1.82, 2.24) is 9.88 Å². The summed E-state index contributed by atoms with van der Waals surface area (Å²) in [5.74, 6) is 1.40. The van der Waals surface area contributed by atoms with Gasteiger partial charge in [-0.05, 0) is 91.0 Å². The number of carbonyl (C=O) groups is 1. The SMILES string of the molecule is CCOc1cc(C(=O)N(CCCN(C)C)c2nc3c(C)c(C)ccc3s2)cc(OCC)c1OCC.Cl. The quantitative estimate of drug-likeness (QED) is 0.278. The number of aryl methyl sites for hydroxylation is 2. The molecule has 1 amide bonds. The van der Waals surface area contributed by atoms with E-state index in [1.165, 1.54) is 5.56 Å². The second-order valence-corrected chi connectivity index (χ2v) is 9.57. The molecule has 0 N–H and O–H groups in total. The second-order valence-electron chi connectivity index (χ2n) is 8.56. The Morgan fingerprint density at radius 3 is 2.11 bits per heavy atom. The number of nitrogens with zero attached hydrogens (tertiary/aromatic N) is 3. The third-order valence-corrected chi connectivity index (χ3v) is 6.74. The first-order chi connectivity index (χ1) is 16.8. The molecule has 0 radical (unpaired) electrons. The average molecular weight is 536 g/mol. The fourth-order valence-electron chi connectivity index (χ4n) is 3.83. The van der Waals surface area contributed by atoms with Gasteiger partial charge in [-0.15, -0.1) is 12.4 Å². The highest BCUT2D eigenvalue weighted by atomic mass is 35.5. The number of halogens is 1. The Hall–Kier alpha value is -2.55. The van der Waals surface area contributed by atoms with Crippen molar-refractivity contribution in [1.29, 1.82) is 0 Å². The number of aromatic nitrogens is 1. The Labute approximate surface area is 224 Å². The van der Waals surface area contributed by atoms with E-state index in [4.69, 9.17) is 19.2 Å². The van der Waals surface area contributed by atoms with Crippen molar-refractivity contribution in [3.05, 3.63) is 41.0 Å². The van der Waals surface area contributed by atoms with Gasteiger partial charge in [0.05, 0.1) is 30.0 Å². The summed E-state index contributed by atoms with van der Waals surface area (Å²) in [6.45, 7) is 12.7. The van der Waals surface area contributed by atoms with Crippen molar-refractivity contribution in [2.45, 2.75) is 41.0 Å². The molecule has 198 valence electrons. The standard InChI is InChI=1S/C27H37N3O4S.ClH/c1-8-32-21-16-20(17-22(33-9-2)25(21)34-10-3)26(31)30(15-11-14-29(6)7)27-28-24-19(5)18(4)12-13-23(24)35-27;/h12-13,16-17H,8-11,14-15H2,1-7H3;1H. The molecule has 0 aliphatic carbocycles. The minimum atomic E-state index is -0.137. The molecule has 0 aliphatic rings. The van der Waals surface area contributed by atoms with Crippen LogP contribution in [-0.4, -0.2) is 62.8 Å². The van der Waals surface area contributed by atoms with E-state index in [-0.39, 0.29) is 18.3 Å². The van der Waals surface area contributed by atoms with Gasteiger partial charge in [0.2, 0.25) is 5.75 Å². The summed E-state index contributed by atoms with van der Waals surface area (Å²) < 4.78 is 18.6. The fraction of sp³-hybridized carbons (Fsp3) is 0.481. The Morgan fingerprint density at radius 2 is 1.56 bits per heavy atom. The lowest BCUT2D eigenvalue weighted by atomic mass is 10.1. The van der Waals surface area contributed by atoms with E-state index in [9.17, 15) is 4.79 Å². The van der Waals surface area contributed by atoms with Gasteiger partial charge in [0.25, 0.3) is 5.91 Å². The Balaban J connectivity index is 0.00000456. The lowest BCUT2D eigenvalue weighted by Crippen LogP contribution is -2.33. The zero-order valence-corrected chi connectivity index (χ0v) is 24.0. The molecule has 0 atom stereocenters. The minimum absolute atomic E-state index is 0. The molecule has 0 fully saturated rings. The van der Waals surface area contributed by atoms with Gasteiger partial charge in [-0.1, -0.05) is 17.4 Å². The van der Waals surface area contributed by atoms with Crippen LogP contribution in [0.15, 0.2) is 24.3 Å². The number of hydrogen-bond donors (Lipinski definition) is 0. The van der Waals surface area contributed by atoms with Crippen molar-refractivity contribution in [3.8, 4) is 17.2 Å². The molecule has 9 heteroatoms. The van der Waals surface area contributed by atoms with E-state index in [1.807, 2.05) is 34.9 Å². The molecule has 1 aromatic heterocycles. The summed E-state index contributed by atoms with van der Waals surface area (Å²) in [7, 11) is 4.07. The number of hydrogen-bond acceptors (Lipinski definition) is 7. The minimum Gasteiger partial charge on any atom is -0.490 e. The maximum atomic E-state index is 14.0. The third kappa shape index (κ3) is 6.81. The van der Waals surface area contributed by atoms with Crippen molar-refractivity contribution in [2.75, 3.05) is 51.9 Å². The van der Waals surface area contributed by atoms with E-state index in [0.29, 0.717) is 54.3 Å². The number of fused-ring (bicyclic) bond motifs is 1. The monoisotopic (exact) mass is 535 g/mol. The van der Waals surface area contributed by atoms with Gasteiger partial charge in [0.15, 0.2) is 16.6 Å². The van der Waals surface area contributed by atoms with Crippen molar-refractivity contribution in [3.63, 3.8) is 0 Å². The van der Waals surface area contributed by atoms with Gasteiger partial charge in [0.1, 0.15) is 0 Å². The lowest BCUT2D eigenvalue weighted by molar-refractivity contribution is 0.0985. The Bertz CT molecular complexity index is 1140. The fourth-order valence-corrected chi connectivity index (χ4v) is 4.88. The topological polar surface area (TPSA) is 64.1 Å². The van der Waals surface area contributed by atoms with E-state index in [2.05, 4.69) is 30.9 Å². The second kappa shape index (κ2) is 13.7. The summed E-state index contributed by atoms with van der Waals surface area (Å²) in [6, 6.07) is 7.69. The van der Waals surface area contributed by atoms with Gasteiger partial charge in [0, 0.05) is 12.1 Å². The molecule has 36 heavy (non-hydrogen) atoms. The van der Waals surface area contributed by atoms with Crippen LogP contribution in [0.1, 0.15) is 48.7 Å². The van der Waals surface area contributed by atoms with Crippen LogP contribution in [0.4, 0.5) is 5.13 Å². The maximum Gasteiger partial charge on any atom is 0.260 e. The zero-order chi connectivity index (χ0) is 25.5. The summed E-state index contributed by atoms with van der Waals surface area (Å²) >= 11 is 1.54. The first-order valence-corrected chi connectivity index (χ1v) is 13.0. The molecule has 0 bridgehead atoms. The van der Waals surface area contributed by atoms with Crippen LogP contribution in [0.3, 0.4) is 0 Å². The number of anilines is 1. The van der Waals surface area contributed by atoms with Crippen LogP contribution in [-0.2, 0) is 0 Å². The molecule has 3 rings (SSSR count). The van der Waals surface area contributed by atoms with Gasteiger partial charge < -0.3 is 19.1 Å². The van der Waals surface area contributed by atoms with Gasteiger partial charge in [-0.2, -0.15) is 0 Å². The predicted molar refractivity (Wildman–Crippen MR) is 151 cm³/mol. The van der Waals surface area contributed by atoms with Crippen molar-refractivity contribution in [2.24, 2.45) is 0 Å². The average Bonchev–Trinajstić information content (AvgIpc) is 3.25. The van der Waals surface area contributed by atoms with Crippen molar-refractivity contribution < 1.29 is 19.0 Å². The number of ether oxygens (including phenoxy) is 3. The van der Waals surface area contributed by atoms with Gasteiger partial charge in [-0.3, -0.25) is 9.69 Å². The molecule has 7 nitrogen and oxygen atoms in total. The molecule has 3 aromatic rings. The van der Waals surface area contributed by atoms with Crippen LogP contribution in [0.25, 0.3) is 10.2 Å². The molecule has 2 aromatic carbocycles. The van der Waals surface area contributed by atoms with Crippen LogP contribution in [0.5, 0.6) is 17.2 Å². The number of carbonyl (C=O) groups excluding carboxylic acids is 1. The normalized spacial score (nSPS) is 10.9. The largest absolute Gasteiger partial charge is 0.490 e. The highest BCUT2D eigenvalue weighted by molar-refractivity contribution is 7.22. The predicted octanol–water partition coefficient (Wildman–Crippen LogP) is 6.13. The molecule has 0 saturated heterocycles. The van der Waals surface area contributed by atoms with Crippen LogP contribution < -0.4 is 19.1 Å². The summed E-state index contributed by atoms with van der Waals surface area (Å²) in [5, 5.41) is 0.697. The zero-order valence-electron chi connectivity index (χ0n) is 22.3. The van der Waals surface area contributed by atoms with E-state index < -0.39 is 0 Å². The molecule has 1 heterocycles. The van der Waals surface area contributed by atoms with Crippen molar-refractivity contribution >= 4 is 45.0 Å². The third-order valence-electron chi connectivity index (χ3n) is 5.69. The van der Waals surface area contributed by atoms with Gasteiger partial charge >= 0.3 is 0 Å². The summed E-state index contributed by atoms with van der Waals surface area (Å²) in [4.78, 5) is 22.8. The molecule has 0 unspecified atom stereocenters. The van der Waals surface area contributed by atoms with E-state index in [1.54, 1.807) is 28.4 Å². The maximum absolute atomic E-state index is 14.0. The molecular weight excluding hydrogens is 498 g/mol. The first-order valence-electron chi connectivity index (χ1n) is 12.2. The molecular formula is C27H38ClN3O4S. The lowest BCUT2D eigenvalue weighted by Gasteiger charge is -2.22. The number of amides is 1. The molecule has 0 saturated carbocycles. The summed E-state index contributed by atoms with van der Waals surface area (Å²) in [5.41, 5.74) is 3.77. The molecule has 0 spiro atoms. The number of thiazole rings is 1. The Kier molecular flexibility index (Phi) is 11.3. The van der Waals surface area contributed by atoms with Crippen LogP contribution in [0, 0.1) is 13.8 Å². The van der Waals surface area contributed by atoms with E-state index >= 15 is 0 Å². The number of rotatable bonds is 12. The molecule has 0 aliphatic heterocycles. The van der Waals surface area contributed by atoms with Gasteiger partial charge in [-0.25, -0.2) is 4.98 Å². The van der Waals surface area contributed by atoms with Crippen LogP contribution >= 0.6 is 23.7 Å². The van der Waals surface area contributed by atoms with Crippen LogP contribution in [0.2, 0.25) is 0 Å². The highest BCUT2D eigenvalue weighted by Crippen LogP contribution is 2.40. The van der Waals surface area contributed by atoms with E-state index in [0.717, 1.165) is 28.7 Å².